The first-order valence-corrected chi connectivity index (χ1v) is 8.16. The number of carboxylic acid groups (broad SMARTS) is 1. The summed E-state index contributed by atoms with van der Waals surface area (Å²) in [6, 6.07) is 16.3. The molecule has 132 valence electrons. The number of aliphatic carboxylic acids is 1. The summed E-state index contributed by atoms with van der Waals surface area (Å²) >= 11 is 0. The van der Waals surface area contributed by atoms with Crippen LogP contribution in [0.15, 0.2) is 54.6 Å². The first-order chi connectivity index (χ1) is 11.9. The van der Waals surface area contributed by atoms with Crippen molar-refractivity contribution in [2.24, 2.45) is 0 Å². The highest BCUT2D eigenvalue weighted by molar-refractivity contribution is 5.87. The van der Waals surface area contributed by atoms with Crippen LogP contribution in [0.2, 0.25) is 0 Å². The van der Waals surface area contributed by atoms with Gasteiger partial charge in [-0.3, -0.25) is 4.79 Å². The van der Waals surface area contributed by atoms with Crippen molar-refractivity contribution in [1.29, 1.82) is 0 Å². The molecule has 0 saturated heterocycles. The van der Waals surface area contributed by atoms with Crippen molar-refractivity contribution in [3.8, 4) is 5.75 Å². The van der Waals surface area contributed by atoms with E-state index in [9.17, 15) is 9.59 Å². The molecule has 0 bridgehead atoms. The lowest BCUT2D eigenvalue weighted by Gasteiger charge is -2.25. The number of likely N-dealkylation sites (N-methyl/N-ethyl adjacent to an activating group) is 1. The van der Waals surface area contributed by atoms with Gasteiger partial charge in [-0.15, -0.1) is 0 Å². The van der Waals surface area contributed by atoms with Crippen LogP contribution in [0.4, 0.5) is 0 Å². The standard InChI is InChI=1S/C20H23NO4/c1-14(19(22)21(3)15(2)20(23)24)17-9-11-18(12-10-17)25-13-16-7-5-4-6-8-16/h4-12,14-15H,13H2,1-3H3,(H,23,24). The zero-order chi connectivity index (χ0) is 18.4. The van der Waals surface area contributed by atoms with Crippen LogP contribution in [0.1, 0.15) is 30.9 Å². The van der Waals surface area contributed by atoms with E-state index >= 15 is 0 Å². The smallest absolute Gasteiger partial charge is 0.326 e. The van der Waals surface area contributed by atoms with E-state index < -0.39 is 17.9 Å². The molecule has 2 aromatic carbocycles. The summed E-state index contributed by atoms with van der Waals surface area (Å²) in [7, 11) is 1.51. The van der Waals surface area contributed by atoms with Gasteiger partial charge in [0, 0.05) is 7.05 Å². The minimum absolute atomic E-state index is 0.229. The second kappa shape index (κ2) is 8.33. The summed E-state index contributed by atoms with van der Waals surface area (Å²) in [6.45, 7) is 3.74. The maximum absolute atomic E-state index is 12.4. The number of hydrogen-bond donors (Lipinski definition) is 1. The summed E-state index contributed by atoms with van der Waals surface area (Å²) in [5, 5.41) is 9.03. The van der Waals surface area contributed by atoms with Gasteiger partial charge in [0.2, 0.25) is 5.91 Å². The van der Waals surface area contributed by atoms with Crippen molar-refractivity contribution in [1.82, 2.24) is 4.90 Å². The fraction of sp³-hybridized carbons (Fsp3) is 0.300. The Morgan fingerprint density at radius 1 is 1.04 bits per heavy atom. The first-order valence-electron chi connectivity index (χ1n) is 8.16. The van der Waals surface area contributed by atoms with Crippen LogP contribution in [-0.2, 0) is 16.2 Å². The van der Waals surface area contributed by atoms with Crippen molar-refractivity contribution in [3.05, 3.63) is 65.7 Å². The summed E-state index contributed by atoms with van der Waals surface area (Å²) < 4.78 is 5.73. The van der Waals surface area contributed by atoms with Crippen molar-refractivity contribution >= 4 is 11.9 Å². The largest absolute Gasteiger partial charge is 0.489 e. The monoisotopic (exact) mass is 341 g/mol. The molecule has 0 saturated carbocycles. The van der Waals surface area contributed by atoms with E-state index in [-0.39, 0.29) is 5.91 Å². The highest BCUT2D eigenvalue weighted by Crippen LogP contribution is 2.22. The minimum Gasteiger partial charge on any atom is -0.489 e. The molecule has 0 aliphatic carbocycles. The van der Waals surface area contributed by atoms with E-state index in [0.717, 1.165) is 16.9 Å². The fourth-order valence-corrected chi connectivity index (χ4v) is 2.40. The average Bonchev–Trinajstić information content (AvgIpc) is 2.65. The van der Waals surface area contributed by atoms with Gasteiger partial charge in [0.15, 0.2) is 0 Å². The van der Waals surface area contributed by atoms with Crippen LogP contribution in [-0.4, -0.2) is 35.0 Å². The highest BCUT2D eigenvalue weighted by Gasteiger charge is 2.26. The first kappa shape index (κ1) is 18.5. The Kier molecular flexibility index (Phi) is 6.17. The lowest BCUT2D eigenvalue weighted by molar-refractivity contribution is -0.148. The van der Waals surface area contributed by atoms with E-state index in [1.54, 1.807) is 6.92 Å². The van der Waals surface area contributed by atoms with Gasteiger partial charge < -0.3 is 14.7 Å². The topological polar surface area (TPSA) is 66.8 Å². The second-order valence-corrected chi connectivity index (χ2v) is 6.03. The summed E-state index contributed by atoms with van der Waals surface area (Å²) in [5.74, 6) is -0.949. The quantitative estimate of drug-likeness (QED) is 0.839. The lowest BCUT2D eigenvalue weighted by atomic mass is 9.99. The molecule has 0 aliphatic heterocycles. The molecule has 0 aromatic heterocycles. The number of carboxylic acids is 1. The van der Waals surface area contributed by atoms with Gasteiger partial charge in [-0.25, -0.2) is 4.79 Å². The molecule has 1 N–H and O–H groups in total. The minimum atomic E-state index is -1.02. The van der Waals surface area contributed by atoms with Gasteiger partial charge in [-0.05, 0) is 37.1 Å². The summed E-state index contributed by atoms with van der Waals surface area (Å²) in [6.07, 6.45) is 0. The Morgan fingerprint density at radius 3 is 2.20 bits per heavy atom. The second-order valence-electron chi connectivity index (χ2n) is 6.03. The van der Waals surface area contributed by atoms with E-state index in [4.69, 9.17) is 9.84 Å². The van der Waals surface area contributed by atoms with Gasteiger partial charge in [-0.2, -0.15) is 0 Å². The molecule has 0 spiro atoms. The molecule has 1 amide bonds. The molecule has 2 aromatic rings. The normalized spacial score (nSPS) is 12.9. The van der Waals surface area contributed by atoms with Crippen molar-refractivity contribution < 1.29 is 19.4 Å². The third-order valence-electron chi connectivity index (χ3n) is 4.28. The van der Waals surface area contributed by atoms with Crippen LogP contribution >= 0.6 is 0 Å². The molecule has 2 unspecified atom stereocenters. The maximum atomic E-state index is 12.4. The van der Waals surface area contributed by atoms with Crippen molar-refractivity contribution in [2.45, 2.75) is 32.4 Å². The van der Waals surface area contributed by atoms with Gasteiger partial charge >= 0.3 is 5.97 Å². The Morgan fingerprint density at radius 2 is 1.64 bits per heavy atom. The van der Waals surface area contributed by atoms with E-state index in [1.165, 1.54) is 18.9 Å². The van der Waals surface area contributed by atoms with E-state index in [0.29, 0.717) is 6.61 Å². The predicted octanol–water partition coefficient (Wildman–Crippen LogP) is 3.30. The third-order valence-corrected chi connectivity index (χ3v) is 4.28. The predicted molar refractivity (Wildman–Crippen MR) is 95.5 cm³/mol. The lowest BCUT2D eigenvalue weighted by Crippen LogP contribution is -2.42. The van der Waals surface area contributed by atoms with Crippen LogP contribution in [0.5, 0.6) is 5.75 Å². The Labute approximate surface area is 147 Å². The molecule has 5 nitrogen and oxygen atoms in total. The van der Waals surface area contributed by atoms with Crippen molar-refractivity contribution in [2.75, 3.05) is 7.05 Å². The SMILES string of the molecule is CC(C(=O)N(C)C(C)C(=O)O)c1ccc(OCc2ccccc2)cc1. The third kappa shape index (κ3) is 4.83. The number of amides is 1. The summed E-state index contributed by atoms with van der Waals surface area (Å²) in [5.41, 5.74) is 1.90. The Balaban J connectivity index is 1.98. The number of benzene rings is 2. The number of carbonyl (C=O) groups is 2. The number of ether oxygens (including phenoxy) is 1. The average molecular weight is 341 g/mol. The van der Waals surface area contributed by atoms with Gasteiger partial charge in [0.05, 0.1) is 5.92 Å². The van der Waals surface area contributed by atoms with Crippen LogP contribution in [0.3, 0.4) is 0 Å². The van der Waals surface area contributed by atoms with Gasteiger partial charge in [-0.1, -0.05) is 42.5 Å². The molecule has 2 rings (SSSR count). The number of rotatable bonds is 7. The van der Waals surface area contributed by atoms with Crippen LogP contribution < -0.4 is 4.74 Å². The number of hydrogen-bond acceptors (Lipinski definition) is 3. The molecule has 0 radical (unpaired) electrons. The van der Waals surface area contributed by atoms with E-state index in [2.05, 4.69) is 0 Å². The summed E-state index contributed by atoms with van der Waals surface area (Å²) in [4.78, 5) is 24.7. The zero-order valence-electron chi connectivity index (χ0n) is 14.7. The Hall–Kier alpha value is -2.82. The van der Waals surface area contributed by atoms with Crippen molar-refractivity contribution in [3.63, 3.8) is 0 Å². The molecule has 25 heavy (non-hydrogen) atoms. The molecule has 2 atom stereocenters. The molecular weight excluding hydrogens is 318 g/mol. The van der Waals surface area contributed by atoms with Crippen LogP contribution in [0, 0.1) is 0 Å². The van der Waals surface area contributed by atoms with E-state index in [1.807, 2.05) is 54.6 Å². The molecule has 0 aliphatic rings. The molecular formula is C20H23NO4. The molecule has 0 heterocycles. The molecule has 5 heteroatoms. The molecule has 0 fully saturated rings. The highest BCUT2D eigenvalue weighted by atomic mass is 16.5. The van der Waals surface area contributed by atoms with Gasteiger partial charge in [0.1, 0.15) is 18.4 Å². The number of nitrogens with zero attached hydrogens (tertiary/aromatic N) is 1. The fourth-order valence-electron chi connectivity index (χ4n) is 2.40. The van der Waals surface area contributed by atoms with Crippen LogP contribution in [0.25, 0.3) is 0 Å². The number of carbonyl (C=O) groups excluding carboxylic acids is 1. The zero-order valence-corrected chi connectivity index (χ0v) is 14.7. The maximum Gasteiger partial charge on any atom is 0.326 e. The Bertz CT molecular complexity index is 712. The van der Waals surface area contributed by atoms with Gasteiger partial charge in [0.25, 0.3) is 0 Å².